The zero-order valence-corrected chi connectivity index (χ0v) is 10.9. The lowest BCUT2D eigenvalue weighted by atomic mass is 10.0. The first-order valence-electron chi connectivity index (χ1n) is 6.88. The smallest absolute Gasteiger partial charge is 0.240 e. The van der Waals surface area contributed by atoms with Crippen LogP contribution in [0.5, 0.6) is 0 Å². The molecule has 5 nitrogen and oxygen atoms in total. The number of aliphatic hydroxyl groups is 1. The van der Waals surface area contributed by atoms with Gasteiger partial charge >= 0.3 is 0 Å². The molecule has 0 unspecified atom stereocenters. The molecule has 0 spiro atoms. The molecule has 18 heavy (non-hydrogen) atoms. The number of likely N-dealkylation sites (N-methyl/N-ethyl adjacent to an activating group) is 1. The predicted octanol–water partition coefficient (Wildman–Crippen LogP) is 1.68. The number of hydrogen-bond donors (Lipinski definition) is 1. The molecule has 2 aliphatic rings. The van der Waals surface area contributed by atoms with Gasteiger partial charge in [0.15, 0.2) is 5.82 Å². The molecular weight excluding hydrogens is 230 g/mol. The Morgan fingerprint density at radius 3 is 2.78 bits per heavy atom. The van der Waals surface area contributed by atoms with Crippen molar-refractivity contribution in [2.75, 3.05) is 13.6 Å². The van der Waals surface area contributed by atoms with E-state index in [0.717, 1.165) is 31.5 Å². The van der Waals surface area contributed by atoms with Gasteiger partial charge in [-0.15, -0.1) is 0 Å². The standard InChI is InChI=1S/C13H21N3O2/c1-16(9-13(17)6-2-3-7-13)8-11-14-12(15-18-11)10-4-5-10/h10,17H,2-9H2,1H3. The normalized spacial score (nSPS) is 22.8. The molecule has 1 aromatic heterocycles. The Morgan fingerprint density at radius 2 is 2.11 bits per heavy atom. The summed E-state index contributed by atoms with van der Waals surface area (Å²) in [7, 11) is 2.00. The Kier molecular flexibility index (Phi) is 3.11. The van der Waals surface area contributed by atoms with Gasteiger partial charge in [0.25, 0.3) is 0 Å². The third-order valence-electron chi connectivity index (χ3n) is 3.93. The van der Waals surface area contributed by atoms with Gasteiger partial charge in [-0.25, -0.2) is 0 Å². The Labute approximate surface area is 107 Å². The second kappa shape index (κ2) is 4.63. The van der Waals surface area contributed by atoms with Crippen molar-refractivity contribution >= 4 is 0 Å². The molecule has 2 fully saturated rings. The second-order valence-electron chi connectivity index (χ2n) is 5.92. The summed E-state index contributed by atoms with van der Waals surface area (Å²) in [5, 5.41) is 14.3. The Bertz CT molecular complexity index is 408. The van der Waals surface area contributed by atoms with Crippen molar-refractivity contribution in [3.8, 4) is 0 Å². The molecule has 0 aromatic carbocycles. The first-order chi connectivity index (χ1) is 8.65. The van der Waals surface area contributed by atoms with Gasteiger partial charge in [0.2, 0.25) is 5.89 Å². The fourth-order valence-electron chi connectivity index (χ4n) is 2.82. The van der Waals surface area contributed by atoms with Crippen molar-refractivity contribution in [2.24, 2.45) is 0 Å². The van der Waals surface area contributed by atoms with Gasteiger partial charge in [0.1, 0.15) is 0 Å². The van der Waals surface area contributed by atoms with Gasteiger partial charge in [-0.2, -0.15) is 4.98 Å². The van der Waals surface area contributed by atoms with Crippen LogP contribution in [0.3, 0.4) is 0 Å². The van der Waals surface area contributed by atoms with Crippen LogP contribution in [0.15, 0.2) is 4.52 Å². The van der Waals surface area contributed by atoms with Crippen molar-refractivity contribution in [2.45, 2.75) is 56.6 Å². The topological polar surface area (TPSA) is 62.4 Å². The number of rotatable bonds is 5. The molecule has 1 N–H and O–H groups in total. The first-order valence-corrected chi connectivity index (χ1v) is 6.88. The van der Waals surface area contributed by atoms with Crippen LogP contribution in [0.1, 0.15) is 56.2 Å². The minimum absolute atomic E-state index is 0.506. The van der Waals surface area contributed by atoms with Crippen LogP contribution >= 0.6 is 0 Å². The fraction of sp³-hybridized carbons (Fsp3) is 0.846. The van der Waals surface area contributed by atoms with Crippen molar-refractivity contribution in [3.05, 3.63) is 11.7 Å². The van der Waals surface area contributed by atoms with Crippen LogP contribution in [0, 0.1) is 0 Å². The molecule has 1 aromatic rings. The summed E-state index contributed by atoms with van der Waals surface area (Å²) in [5.41, 5.74) is -0.506. The second-order valence-corrected chi connectivity index (χ2v) is 5.92. The molecule has 5 heteroatoms. The van der Waals surface area contributed by atoms with Gasteiger partial charge in [0, 0.05) is 12.5 Å². The van der Waals surface area contributed by atoms with E-state index in [0.29, 0.717) is 24.9 Å². The predicted molar refractivity (Wildman–Crippen MR) is 66.0 cm³/mol. The van der Waals surface area contributed by atoms with Crippen LogP contribution < -0.4 is 0 Å². The van der Waals surface area contributed by atoms with E-state index in [1.165, 1.54) is 12.8 Å². The fourth-order valence-corrected chi connectivity index (χ4v) is 2.82. The van der Waals surface area contributed by atoms with Crippen LogP contribution in [0.2, 0.25) is 0 Å². The molecule has 2 saturated carbocycles. The van der Waals surface area contributed by atoms with Crippen LogP contribution in [-0.4, -0.2) is 39.3 Å². The monoisotopic (exact) mass is 251 g/mol. The van der Waals surface area contributed by atoms with E-state index in [1.54, 1.807) is 0 Å². The van der Waals surface area contributed by atoms with E-state index >= 15 is 0 Å². The first kappa shape index (κ1) is 12.1. The minimum Gasteiger partial charge on any atom is -0.389 e. The maximum atomic E-state index is 10.3. The lowest BCUT2D eigenvalue weighted by Gasteiger charge is -2.27. The molecule has 0 aliphatic heterocycles. The van der Waals surface area contributed by atoms with Crippen molar-refractivity contribution in [3.63, 3.8) is 0 Å². The number of aromatic nitrogens is 2. The maximum Gasteiger partial charge on any atom is 0.240 e. The van der Waals surface area contributed by atoms with Crippen LogP contribution in [0.25, 0.3) is 0 Å². The largest absolute Gasteiger partial charge is 0.389 e. The quantitative estimate of drug-likeness (QED) is 0.862. The third-order valence-corrected chi connectivity index (χ3v) is 3.93. The van der Waals surface area contributed by atoms with E-state index in [9.17, 15) is 5.11 Å². The molecule has 0 saturated heterocycles. The molecule has 0 atom stereocenters. The average molecular weight is 251 g/mol. The highest BCUT2D eigenvalue weighted by atomic mass is 16.5. The van der Waals surface area contributed by atoms with Gasteiger partial charge in [-0.3, -0.25) is 4.90 Å². The molecule has 0 radical (unpaired) electrons. The van der Waals surface area contributed by atoms with E-state index < -0.39 is 5.60 Å². The van der Waals surface area contributed by atoms with Crippen molar-refractivity contribution < 1.29 is 9.63 Å². The van der Waals surface area contributed by atoms with E-state index in [1.807, 2.05) is 7.05 Å². The molecule has 0 bridgehead atoms. The molecule has 1 heterocycles. The van der Waals surface area contributed by atoms with E-state index in [-0.39, 0.29) is 0 Å². The van der Waals surface area contributed by atoms with E-state index in [4.69, 9.17) is 4.52 Å². The van der Waals surface area contributed by atoms with Gasteiger partial charge in [0.05, 0.1) is 12.1 Å². The molecule has 0 amide bonds. The summed E-state index contributed by atoms with van der Waals surface area (Å²) >= 11 is 0. The lowest BCUT2D eigenvalue weighted by Crippen LogP contribution is -2.38. The van der Waals surface area contributed by atoms with Gasteiger partial charge in [-0.05, 0) is 32.7 Å². The molecule has 3 rings (SSSR count). The lowest BCUT2D eigenvalue weighted by molar-refractivity contribution is 0.0124. The summed E-state index contributed by atoms with van der Waals surface area (Å²) in [6.45, 7) is 1.32. The highest BCUT2D eigenvalue weighted by Gasteiger charge is 2.33. The highest BCUT2D eigenvalue weighted by Crippen LogP contribution is 2.38. The SMILES string of the molecule is CN(Cc1nc(C2CC2)no1)CC1(O)CCCC1. The zero-order valence-electron chi connectivity index (χ0n) is 10.9. The molecule has 100 valence electrons. The van der Waals surface area contributed by atoms with E-state index in [2.05, 4.69) is 15.0 Å². The zero-order chi connectivity index (χ0) is 12.6. The summed E-state index contributed by atoms with van der Waals surface area (Å²) < 4.78 is 5.25. The van der Waals surface area contributed by atoms with Crippen LogP contribution in [0.4, 0.5) is 0 Å². The van der Waals surface area contributed by atoms with Crippen LogP contribution in [-0.2, 0) is 6.54 Å². The minimum atomic E-state index is -0.506. The molecule has 2 aliphatic carbocycles. The number of hydrogen-bond acceptors (Lipinski definition) is 5. The maximum absolute atomic E-state index is 10.3. The highest BCUT2D eigenvalue weighted by molar-refractivity contribution is 5.03. The summed E-state index contributed by atoms with van der Waals surface area (Å²) in [5.74, 6) is 2.06. The average Bonchev–Trinajstić information content (AvgIpc) is 2.93. The summed E-state index contributed by atoms with van der Waals surface area (Å²) in [6, 6.07) is 0. The number of nitrogens with zero attached hydrogens (tertiary/aromatic N) is 3. The Balaban J connectivity index is 1.54. The Morgan fingerprint density at radius 1 is 1.39 bits per heavy atom. The van der Waals surface area contributed by atoms with Crippen molar-refractivity contribution in [1.29, 1.82) is 0 Å². The van der Waals surface area contributed by atoms with Gasteiger partial charge < -0.3 is 9.63 Å². The Hall–Kier alpha value is -0.940. The molecular formula is C13H21N3O2. The van der Waals surface area contributed by atoms with Gasteiger partial charge in [-0.1, -0.05) is 18.0 Å². The van der Waals surface area contributed by atoms with Crippen molar-refractivity contribution in [1.82, 2.24) is 15.0 Å². The summed E-state index contributed by atoms with van der Waals surface area (Å²) in [6.07, 6.45) is 6.47. The third kappa shape index (κ3) is 2.72. The summed E-state index contributed by atoms with van der Waals surface area (Å²) in [4.78, 5) is 6.49.